The molecule has 15 heavy (non-hydrogen) atoms. The van der Waals surface area contributed by atoms with Crippen LogP contribution in [0.3, 0.4) is 0 Å². The smallest absolute Gasteiger partial charge is 0.325 e. The Morgan fingerprint density at radius 3 is 2.80 bits per heavy atom. The van der Waals surface area contributed by atoms with E-state index in [4.69, 9.17) is 0 Å². The summed E-state index contributed by atoms with van der Waals surface area (Å²) in [5.41, 5.74) is -0.110. The van der Waals surface area contributed by atoms with Gasteiger partial charge in [0, 0.05) is 11.8 Å². The van der Waals surface area contributed by atoms with Crippen molar-refractivity contribution < 1.29 is 13.6 Å². The number of aromatic amines is 1. The van der Waals surface area contributed by atoms with Crippen molar-refractivity contribution in [3.8, 4) is 0 Å². The van der Waals surface area contributed by atoms with Gasteiger partial charge < -0.3 is 4.98 Å². The standard InChI is InChI=1S/C7H8F2N4O2/c1-3-2-4(14)11-6(10-3)13-7(15)12-5(8)9/h2,5H,1H3,(H3,10,11,12,13,14,15). The zero-order chi connectivity index (χ0) is 11.4. The fourth-order valence-corrected chi connectivity index (χ4v) is 0.880. The van der Waals surface area contributed by atoms with E-state index in [0.717, 1.165) is 0 Å². The first-order chi connectivity index (χ1) is 6.97. The van der Waals surface area contributed by atoms with Gasteiger partial charge in [0.25, 0.3) is 5.56 Å². The summed E-state index contributed by atoms with van der Waals surface area (Å²) in [5, 5.41) is 3.24. The Labute approximate surface area is 82.7 Å². The average Bonchev–Trinajstić information content (AvgIpc) is 1.98. The van der Waals surface area contributed by atoms with Crippen LogP contribution >= 0.6 is 0 Å². The number of nitrogens with one attached hydrogen (secondary N) is 3. The van der Waals surface area contributed by atoms with Crippen molar-refractivity contribution in [2.45, 2.75) is 13.5 Å². The quantitative estimate of drug-likeness (QED) is 0.629. The lowest BCUT2D eigenvalue weighted by Crippen LogP contribution is -2.33. The minimum atomic E-state index is -2.97. The fraction of sp³-hybridized carbons (Fsp3) is 0.286. The van der Waals surface area contributed by atoms with Crippen LogP contribution in [0.5, 0.6) is 0 Å². The van der Waals surface area contributed by atoms with Crippen LogP contribution in [0.15, 0.2) is 10.9 Å². The molecule has 0 aliphatic heterocycles. The number of rotatable bonds is 2. The second-order valence-electron chi connectivity index (χ2n) is 2.65. The van der Waals surface area contributed by atoms with Crippen molar-refractivity contribution >= 4 is 12.0 Å². The van der Waals surface area contributed by atoms with Gasteiger partial charge >= 0.3 is 12.6 Å². The highest BCUT2D eigenvalue weighted by atomic mass is 19.3. The summed E-state index contributed by atoms with van der Waals surface area (Å²) >= 11 is 0. The topological polar surface area (TPSA) is 86.9 Å². The van der Waals surface area contributed by atoms with E-state index in [9.17, 15) is 18.4 Å². The predicted octanol–water partition coefficient (Wildman–Crippen LogP) is 0.422. The molecule has 1 aromatic heterocycles. The number of anilines is 1. The van der Waals surface area contributed by atoms with E-state index in [1.54, 1.807) is 6.92 Å². The van der Waals surface area contributed by atoms with Gasteiger partial charge in [-0.25, -0.2) is 4.79 Å². The first-order valence-corrected chi connectivity index (χ1v) is 3.91. The van der Waals surface area contributed by atoms with E-state index in [1.807, 2.05) is 5.32 Å². The molecule has 3 N–H and O–H groups in total. The highest BCUT2D eigenvalue weighted by molar-refractivity contribution is 5.87. The van der Waals surface area contributed by atoms with Crippen LogP contribution in [0.25, 0.3) is 0 Å². The molecule has 6 nitrogen and oxygen atoms in total. The number of urea groups is 1. The molecule has 0 atom stereocenters. The maximum Gasteiger partial charge on any atom is 0.325 e. The molecule has 0 aromatic carbocycles. The summed E-state index contributed by atoms with van der Waals surface area (Å²) in [4.78, 5) is 27.5. The molecule has 1 rings (SSSR count). The lowest BCUT2D eigenvalue weighted by molar-refractivity contribution is 0.119. The Morgan fingerprint density at radius 2 is 2.27 bits per heavy atom. The minimum absolute atomic E-state index is 0.182. The van der Waals surface area contributed by atoms with Crippen molar-refractivity contribution in [2.75, 3.05) is 5.32 Å². The number of carbonyl (C=O) groups is 1. The molecule has 0 bridgehead atoms. The van der Waals surface area contributed by atoms with Crippen LogP contribution in [0.1, 0.15) is 5.69 Å². The van der Waals surface area contributed by atoms with Gasteiger partial charge in [-0.3, -0.25) is 15.4 Å². The van der Waals surface area contributed by atoms with Crippen LogP contribution in [-0.2, 0) is 0 Å². The minimum Gasteiger partial charge on any atom is -0.329 e. The van der Waals surface area contributed by atoms with Gasteiger partial charge in [0.05, 0.1) is 0 Å². The predicted molar refractivity (Wildman–Crippen MR) is 47.8 cm³/mol. The summed E-state index contributed by atoms with van der Waals surface area (Å²) < 4.78 is 23.4. The molecule has 0 aliphatic rings. The number of aromatic nitrogens is 2. The number of H-pyrrole nitrogens is 1. The monoisotopic (exact) mass is 218 g/mol. The molecule has 0 saturated heterocycles. The number of hydrogen-bond donors (Lipinski definition) is 3. The Morgan fingerprint density at radius 1 is 1.60 bits per heavy atom. The normalized spacial score (nSPS) is 10.1. The van der Waals surface area contributed by atoms with E-state index >= 15 is 0 Å². The molecule has 82 valence electrons. The van der Waals surface area contributed by atoms with E-state index < -0.39 is 18.1 Å². The zero-order valence-corrected chi connectivity index (χ0v) is 7.67. The van der Waals surface area contributed by atoms with Crippen LogP contribution in [0.2, 0.25) is 0 Å². The molecule has 0 aliphatic carbocycles. The van der Waals surface area contributed by atoms with Crippen molar-refractivity contribution in [3.63, 3.8) is 0 Å². The van der Waals surface area contributed by atoms with E-state index in [1.165, 1.54) is 11.4 Å². The van der Waals surface area contributed by atoms with Gasteiger partial charge in [-0.2, -0.15) is 13.8 Å². The van der Waals surface area contributed by atoms with Gasteiger partial charge in [0.15, 0.2) is 0 Å². The lowest BCUT2D eigenvalue weighted by Gasteiger charge is -2.05. The van der Waals surface area contributed by atoms with Gasteiger partial charge in [-0.15, -0.1) is 0 Å². The second-order valence-corrected chi connectivity index (χ2v) is 2.65. The molecule has 1 aromatic rings. The van der Waals surface area contributed by atoms with Crippen molar-refractivity contribution in [2.24, 2.45) is 0 Å². The molecule has 0 spiro atoms. The number of nitrogens with zero attached hydrogens (tertiary/aromatic N) is 1. The van der Waals surface area contributed by atoms with Gasteiger partial charge in [-0.1, -0.05) is 0 Å². The third-order valence-electron chi connectivity index (χ3n) is 1.35. The average molecular weight is 218 g/mol. The maximum absolute atomic E-state index is 11.7. The van der Waals surface area contributed by atoms with E-state index in [0.29, 0.717) is 5.69 Å². The Balaban J connectivity index is 2.72. The van der Waals surface area contributed by atoms with Gasteiger partial charge in [0.2, 0.25) is 5.95 Å². The third kappa shape index (κ3) is 3.71. The molecular weight excluding hydrogens is 210 g/mol. The number of amides is 2. The summed E-state index contributed by atoms with van der Waals surface area (Å²) in [6, 6.07) is 0.0645. The first kappa shape index (κ1) is 11.1. The Bertz CT molecular complexity index is 418. The molecule has 1 heterocycles. The highest BCUT2D eigenvalue weighted by Crippen LogP contribution is 1.96. The molecule has 8 heteroatoms. The van der Waals surface area contributed by atoms with Crippen molar-refractivity contribution in [3.05, 3.63) is 22.1 Å². The molecular formula is C7H8F2N4O2. The number of hydrogen-bond acceptors (Lipinski definition) is 3. The number of alkyl halides is 2. The summed E-state index contributed by atoms with van der Waals surface area (Å²) in [6.07, 6.45) is 0. The number of aryl methyl sites for hydroxylation is 1. The first-order valence-electron chi connectivity index (χ1n) is 3.91. The largest absolute Gasteiger partial charge is 0.329 e. The summed E-state index contributed by atoms with van der Waals surface area (Å²) in [5.74, 6) is -0.182. The van der Waals surface area contributed by atoms with Gasteiger partial charge in [-0.05, 0) is 6.92 Å². The maximum atomic E-state index is 11.7. The molecule has 0 fully saturated rings. The van der Waals surface area contributed by atoms with E-state index in [2.05, 4.69) is 9.97 Å². The Kier molecular flexibility index (Phi) is 3.32. The Hall–Kier alpha value is -1.99. The zero-order valence-electron chi connectivity index (χ0n) is 7.67. The van der Waals surface area contributed by atoms with Gasteiger partial charge in [0.1, 0.15) is 0 Å². The fourth-order valence-electron chi connectivity index (χ4n) is 0.880. The summed E-state index contributed by atoms with van der Waals surface area (Å²) in [6.45, 7) is -1.40. The molecule has 0 radical (unpaired) electrons. The third-order valence-corrected chi connectivity index (χ3v) is 1.35. The number of halogens is 2. The van der Waals surface area contributed by atoms with Crippen molar-refractivity contribution in [1.82, 2.24) is 15.3 Å². The molecule has 0 unspecified atom stereocenters. The number of carbonyl (C=O) groups excluding carboxylic acids is 1. The molecule has 2 amide bonds. The highest BCUT2D eigenvalue weighted by Gasteiger charge is 2.09. The van der Waals surface area contributed by atoms with E-state index in [-0.39, 0.29) is 5.95 Å². The van der Waals surface area contributed by atoms with Crippen molar-refractivity contribution in [1.29, 1.82) is 0 Å². The second kappa shape index (κ2) is 4.49. The van der Waals surface area contributed by atoms with Crippen LogP contribution in [0.4, 0.5) is 19.5 Å². The SMILES string of the molecule is Cc1cc(=O)nc(NC(=O)NC(F)F)[nH]1. The lowest BCUT2D eigenvalue weighted by atomic mass is 10.4. The molecule has 0 saturated carbocycles. The van der Waals surface area contributed by atoms with Crippen LogP contribution < -0.4 is 16.2 Å². The van der Waals surface area contributed by atoms with Crippen LogP contribution in [-0.4, -0.2) is 22.5 Å². The van der Waals surface area contributed by atoms with Crippen LogP contribution in [0, 0.1) is 6.92 Å². The summed E-state index contributed by atoms with van der Waals surface area (Å²) in [7, 11) is 0.